The van der Waals surface area contributed by atoms with Gasteiger partial charge in [-0.3, -0.25) is 0 Å². The van der Waals surface area contributed by atoms with Crippen molar-refractivity contribution in [1.29, 1.82) is 0 Å². The van der Waals surface area contributed by atoms with E-state index in [2.05, 4.69) is 35.4 Å². The molecule has 1 aromatic carbocycles. The van der Waals surface area contributed by atoms with Gasteiger partial charge in [0.05, 0.1) is 16.3 Å². The fraction of sp³-hybridized carbons (Fsp3) is 0.500. The molecule has 0 bridgehead atoms. The Kier molecular flexibility index (Phi) is 3.22. The maximum atomic E-state index is 9.50. The summed E-state index contributed by atoms with van der Waals surface area (Å²) in [4.78, 5) is 4.61. The van der Waals surface area contributed by atoms with Crippen LogP contribution < -0.4 is 5.32 Å². The van der Waals surface area contributed by atoms with Crippen LogP contribution in [0, 0.1) is 6.92 Å². The third-order valence-corrected chi connectivity index (χ3v) is 4.52. The highest BCUT2D eigenvalue weighted by atomic mass is 32.1. The van der Waals surface area contributed by atoms with Crippen LogP contribution in [-0.2, 0) is 0 Å². The maximum absolute atomic E-state index is 9.50. The van der Waals surface area contributed by atoms with Crippen molar-refractivity contribution < 1.29 is 5.11 Å². The Bertz CT molecular complexity index is 544. The van der Waals surface area contributed by atoms with Gasteiger partial charge < -0.3 is 10.4 Å². The van der Waals surface area contributed by atoms with Gasteiger partial charge in [-0.1, -0.05) is 17.4 Å². The molecule has 96 valence electrons. The Hall–Kier alpha value is -1.13. The second kappa shape index (κ2) is 4.86. The number of nitrogens with one attached hydrogen (secondary N) is 1. The van der Waals surface area contributed by atoms with Gasteiger partial charge >= 0.3 is 0 Å². The molecule has 1 aromatic heterocycles. The van der Waals surface area contributed by atoms with E-state index in [-0.39, 0.29) is 6.10 Å². The molecule has 18 heavy (non-hydrogen) atoms. The number of nitrogens with zero attached hydrogens (tertiary/aromatic N) is 1. The van der Waals surface area contributed by atoms with E-state index in [9.17, 15) is 5.11 Å². The lowest BCUT2D eigenvalue weighted by atomic mass is 9.93. The topological polar surface area (TPSA) is 45.2 Å². The van der Waals surface area contributed by atoms with Crippen LogP contribution in [0.4, 0.5) is 5.13 Å². The first kappa shape index (κ1) is 11.9. The quantitative estimate of drug-likeness (QED) is 0.872. The van der Waals surface area contributed by atoms with Crippen LogP contribution in [0.25, 0.3) is 10.2 Å². The molecule has 1 aliphatic carbocycles. The molecule has 0 amide bonds. The summed E-state index contributed by atoms with van der Waals surface area (Å²) in [6, 6.07) is 6.83. The lowest BCUT2D eigenvalue weighted by Crippen LogP contribution is -2.28. The molecule has 0 aliphatic heterocycles. The minimum atomic E-state index is -0.0962. The van der Waals surface area contributed by atoms with Gasteiger partial charge in [0.2, 0.25) is 0 Å². The number of aliphatic hydroxyl groups excluding tert-OH is 1. The Labute approximate surface area is 111 Å². The van der Waals surface area contributed by atoms with Crippen molar-refractivity contribution in [3.8, 4) is 0 Å². The van der Waals surface area contributed by atoms with E-state index in [0.29, 0.717) is 6.04 Å². The van der Waals surface area contributed by atoms with Crippen molar-refractivity contribution >= 4 is 26.7 Å². The molecule has 3 rings (SSSR count). The van der Waals surface area contributed by atoms with Crippen LogP contribution in [0.3, 0.4) is 0 Å². The zero-order valence-electron chi connectivity index (χ0n) is 10.5. The molecular weight excluding hydrogens is 244 g/mol. The molecule has 1 aliphatic rings. The van der Waals surface area contributed by atoms with Crippen molar-refractivity contribution in [2.45, 2.75) is 44.8 Å². The van der Waals surface area contributed by atoms with Crippen LogP contribution in [0.1, 0.15) is 31.2 Å². The van der Waals surface area contributed by atoms with Gasteiger partial charge in [-0.05, 0) is 50.3 Å². The van der Waals surface area contributed by atoms with E-state index in [0.717, 1.165) is 36.3 Å². The second-order valence-corrected chi connectivity index (χ2v) is 6.17. The first-order chi connectivity index (χ1) is 8.70. The predicted octanol–water partition coefficient (Wildman–Crippen LogP) is 3.32. The van der Waals surface area contributed by atoms with E-state index in [1.54, 1.807) is 11.3 Å². The van der Waals surface area contributed by atoms with Crippen molar-refractivity contribution in [3.05, 3.63) is 23.8 Å². The fourth-order valence-corrected chi connectivity index (χ4v) is 3.53. The van der Waals surface area contributed by atoms with Crippen LogP contribution >= 0.6 is 11.3 Å². The first-order valence-corrected chi connectivity index (χ1v) is 7.34. The summed E-state index contributed by atoms with van der Waals surface area (Å²) >= 11 is 1.72. The van der Waals surface area contributed by atoms with E-state index in [4.69, 9.17) is 0 Å². The molecule has 1 saturated carbocycles. The lowest BCUT2D eigenvalue weighted by molar-refractivity contribution is 0.126. The monoisotopic (exact) mass is 262 g/mol. The second-order valence-electron chi connectivity index (χ2n) is 5.14. The third kappa shape index (κ3) is 2.49. The van der Waals surface area contributed by atoms with Gasteiger partial charge in [0.25, 0.3) is 0 Å². The first-order valence-electron chi connectivity index (χ1n) is 6.52. The zero-order valence-corrected chi connectivity index (χ0v) is 11.3. The molecule has 0 saturated heterocycles. The SMILES string of the molecule is Cc1ccc2nc(NC3CCC(O)CC3)sc2c1. The third-order valence-electron chi connectivity index (χ3n) is 3.57. The van der Waals surface area contributed by atoms with Crippen LogP contribution in [0.5, 0.6) is 0 Å². The van der Waals surface area contributed by atoms with Crippen molar-refractivity contribution in [3.63, 3.8) is 0 Å². The smallest absolute Gasteiger partial charge is 0.184 e. The highest BCUT2D eigenvalue weighted by Gasteiger charge is 2.20. The molecule has 1 fully saturated rings. The summed E-state index contributed by atoms with van der Waals surface area (Å²) in [7, 11) is 0. The van der Waals surface area contributed by atoms with Crippen LogP contribution in [0.2, 0.25) is 0 Å². The van der Waals surface area contributed by atoms with Crippen molar-refractivity contribution in [2.75, 3.05) is 5.32 Å². The standard InChI is InChI=1S/C14H18N2OS/c1-9-2-7-12-13(8-9)18-14(16-12)15-10-3-5-11(17)6-4-10/h2,7-8,10-11,17H,3-6H2,1H3,(H,15,16). The largest absolute Gasteiger partial charge is 0.393 e. The number of aliphatic hydroxyl groups is 1. The number of rotatable bonds is 2. The van der Waals surface area contributed by atoms with Crippen LogP contribution in [0.15, 0.2) is 18.2 Å². The number of fused-ring (bicyclic) bond motifs is 1. The number of benzene rings is 1. The number of aryl methyl sites for hydroxylation is 1. The van der Waals surface area contributed by atoms with E-state index in [1.165, 1.54) is 10.3 Å². The summed E-state index contributed by atoms with van der Waals surface area (Å²) in [6.07, 6.45) is 3.79. The summed E-state index contributed by atoms with van der Waals surface area (Å²) in [5.41, 5.74) is 2.35. The number of anilines is 1. The molecule has 0 unspecified atom stereocenters. The van der Waals surface area contributed by atoms with Gasteiger partial charge in [0.1, 0.15) is 0 Å². The molecule has 4 heteroatoms. The molecule has 2 aromatic rings. The molecule has 1 heterocycles. The zero-order chi connectivity index (χ0) is 12.5. The van der Waals surface area contributed by atoms with Gasteiger partial charge in [0.15, 0.2) is 5.13 Å². The number of thiazole rings is 1. The van der Waals surface area contributed by atoms with Gasteiger partial charge in [-0.25, -0.2) is 4.98 Å². The summed E-state index contributed by atoms with van der Waals surface area (Å²) in [6.45, 7) is 2.11. The summed E-state index contributed by atoms with van der Waals surface area (Å²) < 4.78 is 1.24. The maximum Gasteiger partial charge on any atom is 0.184 e. The normalized spacial score (nSPS) is 24.3. The summed E-state index contributed by atoms with van der Waals surface area (Å²) in [5, 5.41) is 14.0. The predicted molar refractivity (Wildman–Crippen MR) is 76.2 cm³/mol. The Morgan fingerprint density at radius 1 is 1.28 bits per heavy atom. The molecule has 0 radical (unpaired) electrons. The van der Waals surface area contributed by atoms with Crippen LogP contribution in [-0.4, -0.2) is 22.2 Å². The molecule has 2 N–H and O–H groups in total. The lowest BCUT2D eigenvalue weighted by Gasteiger charge is -2.25. The Balaban J connectivity index is 1.74. The number of aromatic nitrogens is 1. The molecule has 0 spiro atoms. The highest BCUT2D eigenvalue weighted by molar-refractivity contribution is 7.22. The average molecular weight is 262 g/mol. The van der Waals surface area contributed by atoms with Gasteiger partial charge in [0, 0.05) is 6.04 Å². The molecule has 3 nitrogen and oxygen atoms in total. The van der Waals surface area contributed by atoms with Gasteiger partial charge in [-0.15, -0.1) is 0 Å². The van der Waals surface area contributed by atoms with E-state index in [1.807, 2.05) is 0 Å². The molecular formula is C14H18N2OS. The van der Waals surface area contributed by atoms with Crippen molar-refractivity contribution in [2.24, 2.45) is 0 Å². The Morgan fingerprint density at radius 2 is 2.06 bits per heavy atom. The van der Waals surface area contributed by atoms with E-state index >= 15 is 0 Å². The molecule has 0 atom stereocenters. The summed E-state index contributed by atoms with van der Waals surface area (Å²) in [5.74, 6) is 0. The van der Waals surface area contributed by atoms with E-state index < -0.39 is 0 Å². The number of hydrogen-bond acceptors (Lipinski definition) is 4. The van der Waals surface area contributed by atoms with Gasteiger partial charge in [-0.2, -0.15) is 0 Å². The fourth-order valence-electron chi connectivity index (χ4n) is 2.49. The minimum Gasteiger partial charge on any atom is -0.393 e. The Morgan fingerprint density at radius 3 is 2.83 bits per heavy atom. The average Bonchev–Trinajstić information content (AvgIpc) is 2.73. The van der Waals surface area contributed by atoms with Crippen molar-refractivity contribution in [1.82, 2.24) is 4.98 Å². The minimum absolute atomic E-state index is 0.0962. The number of hydrogen-bond donors (Lipinski definition) is 2. The highest BCUT2D eigenvalue weighted by Crippen LogP contribution is 2.29.